The fraction of sp³-hybridized carbons (Fsp3) is 0.143. The summed E-state index contributed by atoms with van der Waals surface area (Å²) in [7, 11) is 1.56. The van der Waals surface area contributed by atoms with Gasteiger partial charge in [0.2, 0.25) is 4.96 Å². The molecule has 0 aliphatic heterocycles. The molecule has 0 bridgehead atoms. The molecule has 0 atom stereocenters. The highest BCUT2D eigenvalue weighted by Crippen LogP contribution is 2.26. The van der Waals surface area contributed by atoms with Gasteiger partial charge in [-0.05, 0) is 24.6 Å². The van der Waals surface area contributed by atoms with E-state index in [9.17, 15) is 9.59 Å². The average Bonchev–Trinajstić information content (AvgIpc) is 3.17. The molecule has 0 spiro atoms. The molecule has 4 rings (SSSR count). The molecule has 2 amide bonds. The summed E-state index contributed by atoms with van der Waals surface area (Å²) in [6, 6.07) is 15.8. The molecule has 0 saturated heterocycles. The Bertz CT molecular complexity index is 1280. The Morgan fingerprint density at radius 1 is 1.17 bits per heavy atom. The molecular weight excluding hydrogens is 402 g/mol. The van der Waals surface area contributed by atoms with Crippen molar-refractivity contribution in [2.75, 3.05) is 12.4 Å². The normalized spacial score (nSPS) is 10.7. The van der Waals surface area contributed by atoms with Crippen LogP contribution in [0, 0.1) is 6.92 Å². The van der Waals surface area contributed by atoms with Crippen molar-refractivity contribution in [3.05, 3.63) is 76.2 Å². The first-order valence-electron chi connectivity index (χ1n) is 9.18. The zero-order valence-electron chi connectivity index (χ0n) is 16.4. The van der Waals surface area contributed by atoms with Gasteiger partial charge in [-0.25, -0.2) is 9.78 Å². The van der Waals surface area contributed by atoms with Crippen LogP contribution in [0.15, 0.2) is 59.4 Å². The minimum atomic E-state index is -0.407. The summed E-state index contributed by atoms with van der Waals surface area (Å²) in [6.45, 7) is 2.10. The summed E-state index contributed by atoms with van der Waals surface area (Å²) in [5.74, 6) is 0.641. The molecule has 2 aromatic carbocycles. The van der Waals surface area contributed by atoms with Gasteiger partial charge in [0.1, 0.15) is 10.8 Å². The largest absolute Gasteiger partial charge is 0.497 e. The fourth-order valence-electron chi connectivity index (χ4n) is 2.92. The molecule has 0 aliphatic carbocycles. The lowest BCUT2D eigenvalue weighted by Crippen LogP contribution is -2.29. The van der Waals surface area contributed by atoms with E-state index >= 15 is 0 Å². The van der Waals surface area contributed by atoms with Crippen molar-refractivity contribution in [2.24, 2.45) is 0 Å². The van der Waals surface area contributed by atoms with E-state index in [0.717, 1.165) is 16.1 Å². The summed E-state index contributed by atoms with van der Waals surface area (Å²) in [6.07, 6.45) is 0. The van der Waals surface area contributed by atoms with Crippen LogP contribution in [0.1, 0.15) is 11.3 Å². The van der Waals surface area contributed by atoms with Crippen LogP contribution in [0.25, 0.3) is 15.5 Å². The molecule has 30 heavy (non-hydrogen) atoms. The number of rotatable bonds is 5. The number of anilines is 1. The molecule has 0 fully saturated rings. The highest BCUT2D eigenvalue weighted by Gasteiger charge is 2.12. The van der Waals surface area contributed by atoms with Crippen LogP contribution >= 0.6 is 11.3 Å². The smallest absolute Gasteiger partial charge is 0.319 e. The average molecular weight is 421 g/mol. The number of carbonyl (C=O) groups excluding carboxylic acids is 1. The standard InChI is InChI=1S/C21H19N5O3S/c1-13-6-3-4-9-17(13)19-25-26-18(27)11-15(24-21(26)30-19)12-22-20(28)23-14-7-5-8-16(10-14)29-2/h3-11H,12H2,1-2H3,(H2,22,23,28). The van der Waals surface area contributed by atoms with Crippen molar-refractivity contribution in [2.45, 2.75) is 13.5 Å². The van der Waals surface area contributed by atoms with Crippen LogP contribution in [0.3, 0.4) is 0 Å². The van der Waals surface area contributed by atoms with Gasteiger partial charge >= 0.3 is 6.03 Å². The van der Waals surface area contributed by atoms with Crippen LogP contribution in [-0.4, -0.2) is 27.7 Å². The van der Waals surface area contributed by atoms with Crippen molar-refractivity contribution in [3.8, 4) is 16.3 Å². The van der Waals surface area contributed by atoms with E-state index in [1.165, 1.54) is 21.9 Å². The van der Waals surface area contributed by atoms with E-state index in [0.29, 0.717) is 22.1 Å². The van der Waals surface area contributed by atoms with Crippen LogP contribution in [0.2, 0.25) is 0 Å². The van der Waals surface area contributed by atoms with Crippen LogP contribution in [0.5, 0.6) is 5.75 Å². The van der Waals surface area contributed by atoms with Crippen LogP contribution in [-0.2, 0) is 6.54 Å². The summed E-state index contributed by atoms with van der Waals surface area (Å²) >= 11 is 1.33. The minimum Gasteiger partial charge on any atom is -0.497 e. The zero-order chi connectivity index (χ0) is 21.1. The molecule has 2 aromatic heterocycles. The van der Waals surface area contributed by atoms with Crippen molar-refractivity contribution >= 4 is 28.0 Å². The molecule has 152 valence electrons. The third kappa shape index (κ3) is 4.15. The second-order valence-corrected chi connectivity index (χ2v) is 7.50. The number of hydrogen-bond acceptors (Lipinski definition) is 6. The quantitative estimate of drug-likeness (QED) is 0.514. The molecule has 0 radical (unpaired) electrons. The fourth-order valence-corrected chi connectivity index (χ4v) is 3.93. The number of methoxy groups -OCH3 is 1. The molecule has 2 N–H and O–H groups in total. The summed E-state index contributed by atoms with van der Waals surface area (Å²) in [4.78, 5) is 29.6. The summed E-state index contributed by atoms with van der Waals surface area (Å²) in [5, 5.41) is 10.5. The Morgan fingerprint density at radius 3 is 2.80 bits per heavy atom. The van der Waals surface area contributed by atoms with Crippen molar-refractivity contribution < 1.29 is 9.53 Å². The van der Waals surface area contributed by atoms with Crippen molar-refractivity contribution in [3.63, 3.8) is 0 Å². The third-order valence-corrected chi connectivity index (χ3v) is 5.37. The van der Waals surface area contributed by atoms with Crippen LogP contribution in [0.4, 0.5) is 10.5 Å². The SMILES string of the molecule is COc1cccc(NC(=O)NCc2cc(=O)n3nc(-c4ccccc4C)sc3n2)c1. The first-order valence-corrected chi connectivity index (χ1v) is 10.00. The van der Waals surface area contributed by atoms with Gasteiger partial charge in [0.05, 0.1) is 19.3 Å². The highest BCUT2D eigenvalue weighted by atomic mass is 32.1. The summed E-state index contributed by atoms with van der Waals surface area (Å²) < 4.78 is 6.42. The third-order valence-electron chi connectivity index (χ3n) is 4.43. The van der Waals surface area contributed by atoms with Gasteiger partial charge in [-0.3, -0.25) is 4.79 Å². The molecule has 2 heterocycles. The number of ether oxygens (including phenoxy) is 1. The zero-order valence-corrected chi connectivity index (χ0v) is 17.2. The number of carbonyl (C=O) groups is 1. The Morgan fingerprint density at radius 2 is 2.00 bits per heavy atom. The monoisotopic (exact) mass is 421 g/mol. The van der Waals surface area contributed by atoms with Gasteiger partial charge < -0.3 is 15.4 Å². The number of amides is 2. The van der Waals surface area contributed by atoms with Gasteiger partial charge in [0.15, 0.2) is 0 Å². The molecule has 0 aliphatic rings. The number of aromatic nitrogens is 3. The lowest BCUT2D eigenvalue weighted by Gasteiger charge is -2.08. The molecule has 9 heteroatoms. The Hall–Kier alpha value is -3.72. The van der Waals surface area contributed by atoms with E-state index in [-0.39, 0.29) is 12.1 Å². The maximum absolute atomic E-state index is 12.5. The van der Waals surface area contributed by atoms with Crippen molar-refractivity contribution in [1.29, 1.82) is 0 Å². The minimum absolute atomic E-state index is 0.110. The van der Waals surface area contributed by atoms with Gasteiger partial charge in [0, 0.05) is 23.4 Å². The first-order chi connectivity index (χ1) is 14.5. The van der Waals surface area contributed by atoms with Gasteiger partial charge in [-0.2, -0.15) is 9.61 Å². The Kier molecular flexibility index (Phi) is 5.44. The highest BCUT2D eigenvalue weighted by molar-refractivity contribution is 7.19. The number of nitrogens with zero attached hydrogens (tertiary/aromatic N) is 3. The molecule has 4 aromatic rings. The van der Waals surface area contributed by atoms with E-state index in [1.807, 2.05) is 31.2 Å². The number of benzene rings is 2. The van der Waals surface area contributed by atoms with E-state index in [2.05, 4.69) is 20.7 Å². The van der Waals surface area contributed by atoms with E-state index in [4.69, 9.17) is 4.74 Å². The number of urea groups is 1. The number of aryl methyl sites for hydroxylation is 1. The molecule has 0 saturated carbocycles. The molecule has 0 unspecified atom stereocenters. The second-order valence-electron chi connectivity index (χ2n) is 6.54. The first kappa shape index (κ1) is 19.6. The predicted molar refractivity (Wildman–Crippen MR) is 116 cm³/mol. The van der Waals surface area contributed by atoms with E-state index < -0.39 is 6.03 Å². The Balaban J connectivity index is 1.50. The van der Waals surface area contributed by atoms with Gasteiger partial charge in [-0.1, -0.05) is 41.7 Å². The number of fused-ring (bicyclic) bond motifs is 1. The molecular formula is C21H19N5O3S. The number of nitrogens with one attached hydrogen (secondary N) is 2. The second kappa shape index (κ2) is 8.34. The summed E-state index contributed by atoms with van der Waals surface area (Å²) in [5.41, 5.74) is 2.80. The molecule has 8 nitrogen and oxygen atoms in total. The maximum Gasteiger partial charge on any atom is 0.319 e. The topological polar surface area (TPSA) is 97.6 Å². The van der Waals surface area contributed by atoms with Crippen molar-refractivity contribution in [1.82, 2.24) is 19.9 Å². The lowest BCUT2D eigenvalue weighted by molar-refractivity contribution is 0.251. The van der Waals surface area contributed by atoms with Gasteiger partial charge in [0.25, 0.3) is 5.56 Å². The Labute approximate surface area is 176 Å². The van der Waals surface area contributed by atoms with Gasteiger partial charge in [-0.15, -0.1) is 0 Å². The predicted octanol–water partition coefficient (Wildman–Crippen LogP) is 3.46. The van der Waals surface area contributed by atoms with Crippen LogP contribution < -0.4 is 20.9 Å². The number of hydrogen-bond donors (Lipinski definition) is 2. The van der Waals surface area contributed by atoms with E-state index in [1.54, 1.807) is 31.4 Å². The lowest BCUT2D eigenvalue weighted by atomic mass is 10.1. The maximum atomic E-state index is 12.5.